The molecule has 1 rings (SSSR count). The average molecular weight is 456 g/mol. The van der Waals surface area contributed by atoms with Gasteiger partial charge in [0.1, 0.15) is 6.10 Å². The number of hydrogen-bond acceptors (Lipinski definition) is 5. The Morgan fingerprint density at radius 1 is 0.788 bits per heavy atom. The summed E-state index contributed by atoms with van der Waals surface area (Å²) >= 11 is 0. The van der Waals surface area contributed by atoms with Crippen molar-refractivity contribution >= 4 is 5.91 Å². The molecule has 1 heterocycles. The van der Waals surface area contributed by atoms with E-state index in [1.807, 2.05) is 50.3 Å². The lowest BCUT2D eigenvalue weighted by Crippen LogP contribution is -2.38. The molecule has 1 aliphatic rings. The number of nitrogens with one attached hydrogen (secondary N) is 1. The van der Waals surface area contributed by atoms with Crippen molar-refractivity contribution in [2.24, 2.45) is 0 Å². The monoisotopic (exact) mass is 455 g/mol. The smallest absolute Gasteiger partial charge is 0.244 e. The topological polar surface area (TPSA) is 110 Å². The number of allylic oxidation sites excluding steroid dienone is 12. The summed E-state index contributed by atoms with van der Waals surface area (Å²) in [6, 6.07) is -0.000138. The molecule has 0 saturated carbocycles. The van der Waals surface area contributed by atoms with Crippen LogP contribution in [0, 0.1) is 0 Å². The molecule has 0 fully saturated rings. The number of hydrogen-bond donors (Lipinski definition) is 5. The van der Waals surface area contributed by atoms with Crippen LogP contribution in [0.5, 0.6) is 0 Å². The standard InChI is InChI=1S/C27H37NO5/c1-21-14-8-6-7-9-16-22(2)28-26(32)19-11-5-3-4-10-18-24(30)27(33)25(31)20-23(29)17-13-12-15-21/h3-15,17,19,22-25,27,29-31,33H,16,18,20H2,1-2H3,(H,28,32)/b5-3+,8-6+,9-7+,10-4+,15-12+,17-13-,19-11+,21-14+/t22-,23?,24+,25-,27+/m0/s1. The lowest BCUT2D eigenvalue weighted by molar-refractivity contribution is -0.117. The second-order valence-corrected chi connectivity index (χ2v) is 7.95. The third kappa shape index (κ3) is 14.1. The van der Waals surface area contributed by atoms with Crippen molar-refractivity contribution in [1.29, 1.82) is 0 Å². The Balaban J connectivity index is 2.86. The third-order valence-electron chi connectivity index (χ3n) is 4.77. The molecule has 5 atom stereocenters. The Hall–Kier alpha value is -2.77. The minimum absolute atomic E-state index is 0.000138. The average Bonchev–Trinajstić information content (AvgIpc) is 2.76. The molecule has 0 radical (unpaired) electrons. The van der Waals surface area contributed by atoms with E-state index in [-0.39, 0.29) is 24.8 Å². The van der Waals surface area contributed by atoms with E-state index in [0.29, 0.717) is 6.42 Å². The molecule has 1 unspecified atom stereocenters. The minimum atomic E-state index is -1.38. The van der Waals surface area contributed by atoms with E-state index in [1.165, 1.54) is 12.2 Å². The van der Waals surface area contributed by atoms with Crippen molar-refractivity contribution in [3.8, 4) is 0 Å². The first-order valence-electron chi connectivity index (χ1n) is 11.2. The Kier molecular flexibility index (Phi) is 14.4. The highest BCUT2D eigenvalue weighted by Gasteiger charge is 2.25. The van der Waals surface area contributed by atoms with Gasteiger partial charge in [0.05, 0.1) is 18.3 Å². The van der Waals surface area contributed by atoms with Gasteiger partial charge in [-0.2, -0.15) is 0 Å². The highest BCUT2D eigenvalue weighted by Crippen LogP contribution is 2.11. The number of amides is 1. The van der Waals surface area contributed by atoms with Crippen molar-refractivity contribution in [1.82, 2.24) is 5.32 Å². The van der Waals surface area contributed by atoms with E-state index in [4.69, 9.17) is 0 Å². The maximum atomic E-state index is 11.9. The normalized spacial score (nSPS) is 37.5. The van der Waals surface area contributed by atoms with Gasteiger partial charge in [-0.3, -0.25) is 4.79 Å². The van der Waals surface area contributed by atoms with E-state index in [2.05, 4.69) is 5.32 Å². The van der Waals surface area contributed by atoms with Gasteiger partial charge in [0, 0.05) is 18.5 Å². The molecule has 1 amide bonds. The Morgan fingerprint density at radius 2 is 1.42 bits per heavy atom. The molecule has 0 spiro atoms. The van der Waals surface area contributed by atoms with E-state index >= 15 is 0 Å². The number of carbonyl (C=O) groups is 1. The van der Waals surface area contributed by atoms with Gasteiger partial charge in [0.2, 0.25) is 5.91 Å². The summed E-state index contributed by atoms with van der Waals surface area (Å²) in [6.07, 6.45) is 22.2. The van der Waals surface area contributed by atoms with Gasteiger partial charge in [0.25, 0.3) is 0 Å². The summed E-state index contributed by atoms with van der Waals surface area (Å²) in [4.78, 5) is 11.9. The summed E-state index contributed by atoms with van der Waals surface area (Å²) in [5.41, 5.74) is 1.01. The number of aliphatic hydroxyl groups excluding tert-OH is 4. The molecule has 0 bridgehead atoms. The predicted molar refractivity (Wildman–Crippen MR) is 133 cm³/mol. The van der Waals surface area contributed by atoms with Crippen LogP contribution in [0.4, 0.5) is 0 Å². The number of rotatable bonds is 0. The Bertz CT molecular complexity index is 816. The van der Waals surface area contributed by atoms with Crippen LogP contribution in [0.15, 0.2) is 96.7 Å². The number of aliphatic hydroxyl groups is 4. The zero-order valence-corrected chi connectivity index (χ0v) is 19.4. The summed E-state index contributed by atoms with van der Waals surface area (Å²) in [7, 11) is 0. The highest BCUT2D eigenvalue weighted by atomic mass is 16.4. The molecule has 0 aromatic rings. The lowest BCUT2D eigenvalue weighted by atomic mass is 10.00. The fourth-order valence-electron chi connectivity index (χ4n) is 2.87. The van der Waals surface area contributed by atoms with Crippen LogP contribution in [0.2, 0.25) is 0 Å². The van der Waals surface area contributed by atoms with Gasteiger partial charge in [0.15, 0.2) is 0 Å². The van der Waals surface area contributed by atoms with Crippen molar-refractivity contribution < 1.29 is 25.2 Å². The Labute approximate surface area is 197 Å². The van der Waals surface area contributed by atoms with Crippen LogP contribution in [0.3, 0.4) is 0 Å². The van der Waals surface area contributed by atoms with Crippen molar-refractivity contribution in [2.45, 2.75) is 63.6 Å². The van der Waals surface area contributed by atoms with E-state index in [0.717, 1.165) is 5.57 Å². The fourth-order valence-corrected chi connectivity index (χ4v) is 2.87. The summed E-state index contributed by atoms with van der Waals surface area (Å²) in [5.74, 6) is -0.185. The van der Waals surface area contributed by atoms with Crippen LogP contribution < -0.4 is 5.32 Å². The quantitative estimate of drug-likeness (QED) is 0.386. The molecular weight excluding hydrogens is 418 g/mol. The second kappa shape index (κ2) is 16.8. The van der Waals surface area contributed by atoms with Gasteiger partial charge in [-0.25, -0.2) is 0 Å². The molecule has 1 aliphatic heterocycles. The largest absolute Gasteiger partial charge is 0.390 e. The van der Waals surface area contributed by atoms with E-state index in [9.17, 15) is 25.2 Å². The highest BCUT2D eigenvalue weighted by molar-refractivity contribution is 5.87. The fraction of sp³-hybridized carbons (Fsp3) is 0.370. The minimum Gasteiger partial charge on any atom is -0.390 e. The number of carbonyl (C=O) groups excluding carboxylic acids is 1. The van der Waals surface area contributed by atoms with Gasteiger partial charge in [-0.15, -0.1) is 0 Å². The second-order valence-electron chi connectivity index (χ2n) is 7.95. The molecule has 0 aliphatic carbocycles. The zero-order chi connectivity index (χ0) is 24.5. The van der Waals surface area contributed by atoms with E-state index in [1.54, 1.807) is 42.5 Å². The third-order valence-corrected chi connectivity index (χ3v) is 4.77. The van der Waals surface area contributed by atoms with Crippen LogP contribution in [-0.2, 0) is 4.79 Å². The lowest BCUT2D eigenvalue weighted by Gasteiger charge is -2.23. The first-order valence-corrected chi connectivity index (χ1v) is 11.2. The molecule has 6 heteroatoms. The summed E-state index contributed by atoms with van der Waals surface area (Å²) < 4.78 is 0. The van der Waals surface area contributed by atoms with Gasteiger partial charge in [-0.05, 0) is 26.7 Å². The van der Waals surface area contributed by atoms with Crippen LogP contribution in [-0.4, -0.2) is 56.8 Å². The van der Waals surface area contributed by atoms with Crippen molar-refractivity contribution in [3.05, 3.63) is 96.7 Å². The first-order chi connectivity index (χ1) is 15.8. The molecule has 5 N–H and O–H groups in total. The SMILES string of the molecule is CC1=C\C=C\C=C\C[C@H](C)NC(=O)/C=C/C=C/C=C/C[C@@H](O)[C@@H](O)[C@@H](O)CC(O)/C=C\C=C\1. The van der Waals surface area contributed by atoms with Crippen molar-refractivity contribution in [3.63, 3.8) is 0 Å². The van der Waals surface area contributed by atoms with E-state index < -0.39 is 24.4 Å². The predicted octanol–water partition coefficient (Wildman–Crippen LogP) is 2.96. The zero-order valence-electron chi connectivity index (χ0n) is 19.4. The first kappa shape index (κ1) is 28.3. The summed E-state index contributed by atoms with van der Waals surface area (Å²) in [6.45, 7) is 3.88. The van der Waals surface area contributed by atoms with Crippen LogP contribution in [0.25, 0.3) is 0 Å². The van der Waals surface area contributed by atoms with Gasteiger partial charge >= 0.3 is 0 Å². The molecule has 6 nitrogen and oxygen atoms in total. The molecule has 0 aromatic carbocycles. The summed E-state index contributed by atoms with van der Waals surface area (Å²) in [5, 5.41) is 43.1. The molecular formula is C27H37NO5. The molecule has 33 heavy (non-hydrogen) atoms. The van der Waals surface area contributed by atoms with Crippen LogP contribution in [0.1, 0.15) is 33.1 Å². The van der Waals surface area contributed by atoms with Crippen LogP contribution >= 0.6 is 0 Å². The molecule has 180 valence electrons. The maximum absolute atomic E-state index is 11.9. The van der Waals surface area contributed by atoms with Gasteiger partial charge in [-0.1, -0.05) is 90.6 Å². The molecule has 0 saturated heterocycles. The van der Waals surface area contributed by atoms with Crippen molar-refractivity contribution in [2.75, 3.05) is 0 Å². The van der Waals surface area contributed by atoms with Gasteiger partial charge < -0.3 is 25.7 Å². The molecule has 0 aromatic heterocycles. The Morgan fingerprint density at radius 3 is 2.18 bits per heavy atom. The maximum Gasteiger partial charge on any atom is 0.244 e.